The number of β-lactam (4-membered cyclic amide) rings is 1. The smallest absolute Gasteiger partial charge is 0.330 e. The number of carbonyl (C=O) groups excluding carboxylic acids is 2. The molecular weight excluding hydrogens is 406 g/mol. The number of hydrogen-bond acceptors (Lipinski definition) is 4. The topological polar surface area (TPSA) is 55.8 Å². The highest BCUT2D eigenvalue weighted by atomic mass is 28.4. The fraction of sp³-hybridized carbons (Fsp3) is 0.520. The van der Waals surface area contributed by atoms with Crippen LogP contribution in [0.5, 0.6) is 0 Å². The second-order valence-electron chi connectivity index (χ2n) is 9.61. The highest BCUT2D eigenvalue weighted by Gasteiger charge is 2.51. The summed E-state index contributed by atoms with van der Waals surface area (Å²) in [4.78, 5) is 26.1. The van der Waals surface area contributed by atoms with Crippen molar-refractivity contribution in [2.24, 2.45) is 5.92 Å². The van der Waals surface area contributed by atoms with Crippen LogP contribution >= 0.6 is 0 Å². The molecule has 0 spiro atoms. The Bertz CT molecular complexity index is 887. The number of benzene rings is 1. The first-order valence-electron chi connectivity index (χ1n) is 10.7. The van der Waals surface area contributed by atoms with Crippen molar-refractivity contribution < 1.29 is 18.8 Å². The predicted octanol–water partition coefficient (Wildman–Crippen LogP) is 4.31. The molecule has 0 bridgehead atoms. The summed E-state index contributed by atoms with van der Waals surface area (Å²) in [6, 6.07) is 7.74. The zero-order valence-electron chi connectivity index (χ0n) is 20.0. The lowest BCUT2D eigenvalue weighted by atomic mass is 9.83. The molecule has 1 fully saturated rings. The highest BCUT2D eigenvalue weighted by molar-refractivity contribution is 6.74. The molecule has 0 saturated carbocycles. The zero-order valence-corrected chi connectivity index (χ0v) is 21.0. The molecule has 1 aliphatic rings. The van der Waals surface area contributed by atoms with E-state index in [2.05, 4.69) is 50.4 Å². The Labute approximate surface area is 187 Å². The van der Waals surface area contributed by atoms with E-state index in [0.717, 1.165) is 5.56 Å². The van der Waals surface area contributed by atoms with Gasteiger partial charge in [0.25, 0.3) is 0 Å². The van der Waals surface area contributed by atoms with E-state index in [1.807, 2.05) is 38.1 Å². The van der Waals surface area contributed by atoms with Crippen molar-refractivity contribution in [3.63, 3.8) is 0 Å². The van der Waals surface area contributed by atoms with E-state index in [9.17, 15) is 9.59 Å². The van der Waals surface area contributed by atoms with Crippen molar-refractivity contribution >= 4 is 20.2 Å². The van der Waals surface area contributed by atoms with Crippen LogP contribution in [0, 0.1) is 24.7 Å². The molecule has 3 atom stereocenters. The molecule has 1 aliphatic heterocycles. The van der Waals surface area contributed by atoms with E-state index in [0.29, 0.717) is 6.54 Å². The van der Waals surface area contributed by atoms with Gasteiger partial charge in [0.2, 0.25) is 5.91 Å². The summed E-state index contributed by atoms with van der Waals surface area (Å²) >= 11 is 0. The number of nitrogens with zero attached hydrogens (tertiary/aromatic N) is 1. The summed E-state index contributed by atoms with van der Waals surface area (Å²) in [5, 5.41) is 0.0556. The monoisotopic (exact) mass is 441 g/mol. The number of aryl methyl sites for hydroxylation is 1. The first kappa shape index (κ1) is 24.9. The molecule has 0 radical (unpaired) electrons. The second kappa shape index (κ2) is 9.84. The van der Waals surface area contributed by atoms with Gasteiger partial charge >= 0.3 is 5.97 Å². The third-order valence-corrected chi connectivity index (χ3v) is 10.8. The molecule has 0 aromatic heterocycles. The van der Waals surface area contributed by atoms with Crippen LogP contribution in [0.1, 0.15) is 38.8 Å². The maximum atomic E-state index is 13.0. The van der Waals surface area contributed by atoms with E-state index in [1.54, 1.807) is 11.0 Å². The third kappa shape index (κ3) is 6.08. The van der Waals surface area contributed by atoms with Crippen molar-refractivity contribution in [1.29, 1.82) is 0 Å². The van der Waals surface area contributed by atoms with Gasteiger partial charge < -0.3 is 14.1 Å². The van der Waals surface area contributed by atoms with Gasteiger partial charge in [-0.1, -0.05) is 56.4 Å². The van der Waals surface area contributed by atoms with Gasteiger partial charge in [0.1, 0.15) is 6.04 Å². The number of carbonyl (C=O) groups is 2. The maximum Gasteiger partial charge on any atom is 0.330 e. The molecule has 1 aromatic rings. The third-order valence-electron chi connectivity index (χ3n) is 6.21. The maximum absolute atomic E-state index is 13.0. The molecule has 1 unspecified atom stereocenters. The lowest BCUT2D eigenvalue weighted by molar-refractivity contribution is -0.157. The molecule has 31 heavy (non-hydrogen) atoms. The minimum Gasteiger partial charge on any atom is -0.466 e. The van der Waals surface area contributed by atoms with Crippen LogP contribution in [0.3, 0.4) is 0 Å². The Morgan fingerprint density at radius 1 is 1.26 bits per heavy atom. The molecule has 0 aliphatic carbocycles. The SMILES string of the molecule is COC(=O)/C=C/CN1C(=O)[C@H]([C@@H](C)O[Si](C)(C)C(C)(C)C)C1C#Cc1ccc(C)cc1. The van der Waals surface area contributed by atoms with Crippen molar-refractivity contribution in [3.8, 4) is 11.8 Å². The molecule has 6 heteroatoms. The van der Waals surface area contributed by atoms with E-state index in [4.69, 9.17) is 4.43 Å². The second-order valence-corrected chi connectivity index (χ2v) is 14.4. The summed E-state index contributed by atoms with van der Waals surface area (Å²) in [6.45, 7) is 15.3. The first-order chi connectivity index (χ1) is 14.4. The van der Waals surface area contributed by atoms with Gasteiger partial charge in [0, 0.05) is 18.2 Å². The normalized spacial score (nSPS) is 20.1. The molecule has 168 valence electrons. The molecule has 1 amide bonds. The standard InChI is InChI=1S/C25H35NO4Si/c1-18-11-13-20(14-12-18)15-16-21-23(19(2)30-31(7,8)25(3,4)5)24(28)26(21)17-9-10-22(27)29-6/h9-14,19,21,23H,17H2,1-8H3/b10-9+/t19-,21?,23-/m1/s1. The van der Waals surface area contributed by atoms with E-state index >= 15 is 0 Å². The van der Waals surface area contributed by atoms with Crippen LogP contribution in [0.25, 0.3) is 0 Å². The number of amides is 1. The van der Waals surface area contributed by atoms with Crippen LogP contribution < -0.4 is 0 Å². The summed E-state index contributed by atoms with van der Waals surface area (Å²) in [5.74, 6) is 5.73. The van der Waals surface area contributed by atoms with Gasteiger partial charge in [-0.25, -0.2) is 4.79 Å². The molecular formula is C25H35NO4Si. The molecule has 5 nitrogen and oxygen atoms in total. The van der Waals surface area contributed by atoms with Gasteiger partial charge in [-0.2, -0.15) is 0 Å². The van der Waals surface area contributed by atoms with E-state index < -0.39 is 14.3 Å². The van der Waals surface area contributed by atoms with Crippen LogP contribution in [0.15, 0.2) is 36.4 Å². The number of likely N-dealkylation sites (tertiary alicyclic amines) is 1. The van der Waals surface area contributed by atoms with Crippen LogP contribution in [0.2, 0.25) is 18.1 Å². The number of hydrogen-bond donors (Lipinski definition) is 0. The largest absolute Gasteiger partial charge is 0.466 e. The molecule has 1 saturated heterocycles. The predicted molar refractivity (Wildman–Crippen MR) is 126 cm³/mol. The van der Waals surface area contributed by atoms with Crippen LogP contribution in [-0.4, -0.2) is 50.9 Å². The lowest BCUT2D eigenvalue weighted by Crippen LogP contribution is -2.65. The van der Waals surface area contributed by atoms with Crippen LogP contribution in [0.4, 0.5) is 0 Å². The van der Waals surface area contributed by atoms with Crippen molar-refractivity contribution in [2.75, 3.05) is 13.7 Å². The Morgan fingerprint density at radius 2 is 1.87 bits per heavy atom. The summed E-state index contributed by atoms with van der Waals surface area (Å²) < 4.78 is 11.1. The van der Waals surface area contributed by atoms with Crippen molar-refractivity contribution in [2.45, 2.75) is 64.9 Å². The Morgan fingerprint density at radius 3 is 2.42 bits per heavy atom. The van der Waals surface area contributed by atoms with Gasteiger partial charge in [0.05, 0.1) is 19.1 Å². The van der Waals surface area contributed by atoms with E-state index in [-0.39, 0.29) is 29.0 Å². The Kier molecular flexibility index (Phi) is 7.91. The molecule has 2 rings (SSSR count). The number of rotatable bonds is 6. The van der Waals surface area contributed by atoms with Gasteiger partial charge in [0.15, 0.2) is 8.32 Å². The fourth-order valence-corrected chi connectivity index (χ4v) is 4.67. The number of methoxy groups -OCH3 is 1. The quantitative estimate of drug-likeness (QED) is 0.217. The lowest BCUT2D eigenvalue weighted by Gasteiger charge is -2.49. The van der Waals surface area contributed by atoms with Crippen molar-refractivity contribution in [1.82, 2.24) is 4.90 Å². The van der Waals surface area contributed by atoms with Gasteiger partial charge in [-0.15, -0.1) is 0 Å². The Hall–Kier alpha value is -2.36. The summed E-state index contributed by atoms with van der Waals surface area (Å²) in [5.41, 5.74) is 2.08. The van der Waals surface area contributed by atoms with Gasteiger partial charge in [-0.05, 0) is 44.1 Å². The summed E-state index contributed by atoms with van der Waals surface area (Å²) in [7, 11) is -0.700. The molecule has 1 aromatic carbocycles. The van der Waals surface area contributed by atoms with Crippen LogP contribution in [-0.2, 0) is 18.8 Å². The summed E-state index contributed by atoms with van der Waals surface area (Å²) in [6.07, 6.45) is 2.74. The molecule has 1 heterocycles. The number of ether oxygens (including phenoxy) is 1. The van der Waals surface area contributed by atoms with Gasteiger partial charge in [-0.3, -0.25) is 4.79 Å². The van der Waals surface area contributed by atoms with Crippen molar-refractivity contribution in [3.05, 3.63) is 47.5 Å². The minimum atomic E-state index is -2.03. The van der Waals surface area contributed by atoms with E-state index in [1.165, 1.54) is 18.7 Å². The average Bonchev–Trinajstić information content (AvgIpc) is 2.67. The first-order valence-corrected chi connectivity index (χ1v) is 13.6. The molecule has 0 N–H and O–H groups in total. The average molecular weight is 442 g/mol. The fourth-order valence-electron chi connectivity index (χ4n) is 3.24. The Balaban J connectivity index is 2.25. The highest BCUT2D eigenvalue weighted by Crippen LogP contribution is 2.40. The number of esters is 1. The minimum absolute atomic E-state index is 0.00364. The zero-order chi connectivity index (χ0) is 23.4.